The summed E-state index contributed by atoms with van der Waals surface area (Å²) < 4.78 is 24.6. The summed E-state index contributed by atoms with van der Waals surface area (Å²) in [7, 11) is 0. The molecule has 2 N–H and O–H groups in total. The predicted molar refractivity (Wildman–Crippen MR) is 101 cm³/mol. The number of hydrogen-bond acceptors (Lipinski definition) is 3. The summed E-state index contributed by atoms with van der Waals surface area (Å²) in [5, 5.41) is 2.94. The SMILES string of the molecule is CC[NH+](CC(=O)NCCc1ccc(F)cc1)C[C@@H]1COc2ccccc2O1. The zero-order chi connectivity index (χ0) is 19.1. The van der Waals surface area contributed by atoms with Gasteiger partial charge in [-0.2, -0.15) is 0 Å². The Morgan fingerprint density at radius 2 is 1.93 bits per heavy atom. The smallest absolute Gasteiger partial charge is 0.275 e. The van der Waals surface area contributed by atoms with Crippen molar-refractivity contribution in [2.45, 2.75) is 19.4 Å². The summed E-state index contributed by atoms with van der Waals surface area (Å²) in [6.07, 6.45) is 0.617. The number of benzene rings is 2. The van der Waals surface area contributed by atoms with Gasteiger partial charge in [-0.1, -0.05) is 24.3 Å². The van der Waals surface area contributed by atoms with Crippen molar-refractivity contribution in [2.75, 3.05) is 32.8 Å². The van der Waals surface area contributed by atoms with E-state index in [1.54, 1.807) is 12.1 Å². The van der Waals surface area contributed by atoms with Gasteiger partial charge >= 0.3 is 0 Å². The van der Waals surface area contributed by atoms with Crippen LogP contribution >= 0.6 is 0 Å². The van der Waals surface area contributed by atoms with E-state index in [1.807, 2.05) is 24.3 Å². The molecule has 2 atom stereocenters. The second-order valence-corrected chi connectivity index (χ2v) is 6.71. The Labute approximate surface area is 159 Å². The van der Waals surface area contributed by atoms with E-state index in [9.17, 15) is 9.18 Å². The van der Waals surface area contributed by atoms with Crippen molar-refractivity contribution in [3.63, 3.8) is 0 Å². The van der Waals surface area contributed by atoms with E-state index in [-0.39, 0.29) is 17.8 Å². The van der Waals surface area contributed by atoms with Crippen LogP contribution in [0.3, 0.4) is 0 Å². The molecule has 6 heteroatoms. The number of para-hydroxylation sites is 2. The van der Waals surface area contributed by atoms with Gasteiger partial charge in [-0.05, 0) is 43.2 Å². The molecule has 1 unspecified atom stereocenters. The molecule has 2 aromatic rings. The van der Waals surface area contributed by atoms with Gasteiger partial charge in [-0.15, -0.1) is 0 Å². The highest BCUT2D eigenvalue weighted by molar-refractivity contribution is 5.76. The maximum Gasteiger partial charge on any atom is 0.275 e. The monoisotopic (exact) mass is 373 g/mol. The predicted octanol–water partition coefficient (Wildman–Crippen LogP) is 1.23. The molecule has 0 spiro atoms. The molecule has 3 rings (SSSR count). The molecular weight excluding hydrogens is 347 g/mol. The Kier molecular flexibility index (Phi) is 6.65. The minimum absolute atomic E-state index is 0.00564. The first-order valence-corrected chi connectivity index (χ1v) is 9.37. The lowest BCUT2D eigenvalue weighted by atomic mass is 10.1. The standard InChI is InChI=1S/C21H25FN2O3/c1-2-24(13-18-15-26-19-5-3-4-6-20(19)27-18)14-21(25)23-12-11-16-7-9-17(22)10-8-16/h3-10,18H,2,11-15H2,1H3,(H,23,25)/p+1/t18-/m1/s1. The number of carbonyl (C=O) groups is 1. The van der Waals surface area contributed by atoms with Gasteiger partial charge in [-0.25, -0.2) is 4.39 Å². The van der Waals surface area contributed by atoms with Crippen LogP contribution in [0.1, 0.15) is 12.5 Å². The van der Waals surface area contributed by atoms with Crippen molar-refractivity contribution >= 4 is 5.91 Å². The van der Waals surface area contributed by atoms with Crippen LogP contribution in [0.25, 0.3) is 0 Å². The maximum atomic E-state index is 12.9. The number of halogens is 1. The zero-order valence-electron chi connectivity index (χ0n) is 15.5. The Bertz CT molecular complexity index is 751. The molecule has 0 aliphatic carbocycles. The fourth-order valence-electron chi connectivity index (χ4n) is 3.11. The highest BCUT2D eigenvalue weighted by atomic mass is 19.1. The fraction of sp³-hybridized carbons (Fsp3) is 0.381. The number of nitrogens with one attached hydrogen (secondary N) is 2. The number of rotatable bonds is 8. The van der Waals surface area contributed by atoms with Gasteiger partial charge in [-0.3, -0.25) is 4.79 Å². The molecule has 0 radical (unpaired) electrons. The van der Waals surface area contributed by atoms with Gasteiger partial charge in [0.1, 0.15) is 19.0 Å². The average molecular weight is 373 g/mol. The maximum absolute atomic E-state index is 12.9. The molecule has 5 nitrogen and oxygen atoms in total. The van der Waals surface area contributed by atoms with Gasteiger partial charge in [0.05, 0.1) is 6.54 Å². The van der Waals surface area contributed by atoms with E-state index in [4.69, 9.17) is 9.47 Å². The fourth-order valence-corrected chi connectivity index (χ4v) is 3.11. The van der Waals surface area contributed by atoms with Crippen LogP contribution < -0.4 is 19.7 Å². The molecule has 1 aliphatic rings. The Balaban J connectivity index is 1.41. The van der Waals surface area contributed by atoms with E-state index in [1.165, 1.54) is 12.1 Å². The van der Waals surface area contributed by atoms with Crippen LogP contribution in [-0.4, -0.2) is 44.8 Å². The number of carbonyl (C=O) groups excluding carboxylic acids is 1. The zero-order valence-corrected chi connectivity index (χ0v) is 15.5. The number of likely N-dealkylation sites (N-methyl/N-ethyl adjacent to an activating group) is 1. The topological polar surface area (TPSA) is 52.0 Å². The van der Waals surface area contributed by atoms with Crippen molar-refractivity contribution < 1.29 is 23.6 Å². The molecule has 0 fully saturated rings. The lowest BCUT2D eigenvalue weighted by Gasteiger charge is -2.28. The van der Waals surface area contributed by atoms with Crippen molar-refractivity contribution in [1.29, 1.82) is 0 Å². The molecule has 0 aromatic heterocycles. The summed E-state index contributed by atoms with van der Waals surface area (Å²) in [6, 6.07) is 14.0. The number of fused-ring (bicyclic) bond motifs is 1. The summed E-state index contributed by atoms with van der Waals surface area (Å²) in [4.78, 5) is 13.4. The van der Waals surface area contributed by atoms with Crippen molar-refractivity contribution in [3.8, 4) is 11.5 Å². The highest BCUT2D eigenvalue weighted by Gasteiger charge is 2.25. The molecule has 2 aromatic carbocycles. The van der Waals surface area contributed by atoms with Crippen LogP contribution in [0.4, 0.5) is 4.39 Å². The van der Waals surface area contributed by atoms with E-state index < -0.39 is 0 Å². The second kappa shape index (κ2) is 9.37. The van der Waals surface area contributed by atoms with E-state index >= 15 is 0 Å². The highest BCUT2D eigenvalue weighted by Crippen LogP contribution is 2.30. The molecule has 1 amide bonds. The lowest BCUT2D eigenvalue weighted by molar-refractivity contribution is -0.893. The molecular formula is C21H26FN2O3+. The largest absolute Gasteiger partial charge is 0.486 e. The molecule has 0 bridgehead atoms. The summed E-state index contributed by atoms with van der Waals surface area (Å²) in [6.45, 7) is 5.01. The van der Waals surface area contributed by atoms with E-state index in [0.29, 0.717) is 32.7 Å². The van der Waals surface area contributed by atoms with Gasteiger partial charge in [0.25, 0.3) is 5.91 Å². The van der Waals surface area contributed by atoms with Gasteiger partial charge in [0.15, 0.2) is 24.1 Å². The molecule has 1 heterocycles. The van der Waals surface area contributed by atoms with E-state index in [0.717, 1.165) is 28.5 Å². The minimum Gasteiger partial charge on any atom is -0.486 e. The van der Waals surface area contributed by atoms with E-state index in [2.05, 4.69) is 12.2 Å². The van der Waals surface area contributed by atoms with Crippen LogP contribution in [0.2, 0.25) is 0 Å². The first kappa shape index (κ1) is 19.2. The van der Waals surface area contributed by atoms with Crippen molar-refractivity contribution in [1.82, 2.24) is 5.32 Å². The van der Waals surface area contributed by atoms with Crippen LogP contribution in [-0.2, 0) is 11.2 Å². The molecule has 0 saturated heterocycles. The number of amides is 1. The Morgan fingerprint density at radius 3 is 2.67 bits per heavy atom. The first-order chi connectivity index (χ1) is 13.1. The number of quaternary nitrogens is 1. The summed E-state index contributed by atoms with van der Waals surface area (Å²) in [5.74, 6) is 1.28. The normalized spacial score (nSPS) is 16.6. The van der Waals surface area contributed by atoms with Crippen LogP contribution in [0.5, 0.6) is 11.5 Å². The summed E-state index contributed by atoms with van der Waals surface area (Å²) in [5.41, 5.74) is 1.00. The van der Waals surface area contributed by atoms with Gasteiger partial charge < -0.3 is 19.7 Å². The van der Waals surface area contributed by atoms with Gasteiger partial charge in [0.2, 0.25) is 0 Å². The molecule has 0 saturated carbocycles. The third-order valence-corrected chi connectivity index (χ3v) is 4.64. The van der Waals surface area contributed by atoms with Crippen LogP contribution in [0, 0.1) is 5.82 Å². The van der Waals surface area contributed by atoms with Gasteiger partial charge in [0, 0.05) is 6.54 Å². The van der Waals surface area contributed by atoms with Crippen LogP contribution in [0.15, 0.2) is 48.5 Å². The third-order valence-electron chi connectivity index (χ3n) is 4.64. The third kappa shape index (κ3) is 5.69. The first-order valence-electron chi connectivity index (χ1n) is 9.37. The van der Waals surface area contributed by atoms with Crippen molar-refractivity contribution in [3.05, 3.63) is 59.9 Å². The molecule has 144 valence electrons. The number of hydrogen-bond donors (Lipinski definition) is 2. The van der Waals surface area contributed by atoms with Crippen molar-refractivity contribution in [2.24, 2.45) is 0 Å². The minimum atomic E-state index is -0.249. The Morgan fingerprint density at radius 1 is 1.19 bits per heavy atom. The second-order valence-electron chi connectivity index (χ2n) is 6.71. The lowest BCUT2D eigenvalue weighted by Crippen LogP contribution is -3.14. The molecule has 27 heavy (non-hydrogen) atoms. The average Bonchev–Trinajstić information content (AvgIpc) is 2.69. The molecule has 1 aliphatic heterocycles. The Hall–Kier alpha value is -2.60. The quantitative estimate of drug-likeness (QED) is 0.732. The summed E-state index contributed by atoms with van der Waals surface area (Å²) >= 11 is 0. The number of ether oxygens (including phenoxy) is 2.